The van der Waals surface area contributed by atoms with Crippen LogP contribution in [0.15, 0.2) is 109 Å². The summed E-state index contributed by atoms with van der Waals surface area (Å²) in [4.78, 5) is 62.7. The minimum absolute atomic E-state index is 0.122. The number of hydrogen-bond acceptors (Lipinski definition) is 7. The minimum atomic E-state index is -1.50. The van der Waals surface area contributed by atoms with Crippen LogP contribution in [0.2, 0.25) is 5.02 Å². The van der Waals surface area contributed by atoms with Crippen LogP contribution in [0.5, 0.6) is 0 Å². The third-order valence-electron chi connectivity index (χ3n) is 10.9. The topological polar surface area (TPSA) is 117 Å². The summed E-state index contributed by atoms with van der Waals surface area (Å²) < 4.78 is 13.0. The molecule has 0 aliphatic carbocycles. The zero-order valence-electron chi connectivity index (χ0n) is 29.1. The fourth-order valence-electron chi connectivity index (χ4n) is 8.18. The molecule has 4 heterocycles. The van der Waals surface area contributed by atoms with Crippen LogP contribution in [-0.2, 0) is 35.1 Å². The smallest absolute Gasteiger partial charge is 0.313 e. The van der Waals surface area contributed by atoms with Gasteiger partial charge in [0.15, 0.2) is 0 Å². The van der Waals surface area contributed by atoms with Gasteiger partial charge in [-0.3, -0.25) is 19.2 Å². The molecule has 4 aliphatic rings. The zero-order valence-corrected chi connectivity index (χ0v) is 29.8. The van der Waals surface area contributed by atoms with Crippen LogP contribution < -0.4 is 4.90 Å². The van der Waals surface area contributed by atoms with Crippen LogP contribution in [0.3, 0.4) is 0 Å². The van der Waals surface area contributed by atoms with Crippen molar-refractivity contribution in [1.82, 2.24) is 9.80 Å². The Kier molecular flexibility index (Phi) is 10.1. The number of carbonyl (C=O) groups is 4. The Bertz CT molecular complexity index is 1870. The summed E-state index contributed by atoms with van der Waals surface area (Å²) in [7, 11) is 1.69. The molecule has 8 atom stereocenters. The monoisotopic (exact) mass is 723 g/mol. The summed E-state index contributed by atoms with van der Waals surface area (Å²) in [5.41, 5.74) is 0.604. The summed E-state index contributed by atoms with van der Waals surface area (Å²) in [5.74, 6) is -3.87. The van der Waals surface area contributed by atoms with Crippen molar-refractivity contribution in [2.24, 2.45) is 11.8 Å². The predicted octanol–water partition coefficient (Wildman–Crippen LogP) is 4.91. The lowest BCUT2D eigenvalue weighted by Gasteiger charge is -2.39. The number of nitrogens with zero attached hydrogens (tertiary/aromatic N) is 3. The van der Waals surface area contributed by atoms with Gasteiger partial charge in [-0.15, -0.1) is 0 Å². The molecule has 1 spiro atoms. The minimum Gasteiger partial charge on any atom is -0.455 e. The molecule has 0 radical (unpaired) electrons. The van der Waals surface area contributed by atoms with Gasteiger partial charge in [0.2, 0.25) is 11.8 Å². The lowest BCUT2D eigenvalue weighted by molar-refractivity contribution is -0.164. The van der Waals surface area contributed by atoms with Crippen molar-refractivity contribution >= 4 is 41.0 Å². The maximum Gasteiger partial charge on any atom is 0.313 e. The summed E-state index contributed by atoms with van der Waals surface area (Å²) >= 11 is 6.24. The van der Waals surface area contributed by atoms with E-state index >= 15 is 4.79 Å². The number of ether oxygens (including phenoxy) is 2. The van der Waals surface area contributed by atoms with Gasteiger partial charge in [-0.1, -0.05) is 96.6 Å². The number of benzene rings is 3. The van der Waals surface area contributed by atoms with Crippen LogP contribution in [0, 0.1) is 11.8 Å². The Hall–Kier alpha value is -4.77. The first-order chi connectivity index (χ1) is 25.1. The number of hydrogen-bond donors (Lipinski definition) is 1. The van der Waals surface area contributed by atoms with Crippen molar-refractivity contribution in [3.8, 4) is 0 Å². The van der Waals surface area contributed by atoms with Gasteiger partial charge in [0.25, 0.3) is 5.91 Å². The molecule has 4 aliphatic heterocycles. The molecule has 2 saturated heterocycles. The van der Waals surface area contributed by atoms with E-state index in [9.17, 15) is 19.5 Å². The number of aliphatic hydroxyl groups is 1. The predicted molar refractivity (Wildman–Crippen MR) is 195 cm³/mol. The van der Waals surface area contributed by atoms with Gasteiger partial charge in [0.05, 0.1) is 30.7 Å². The largest absolute Gasteiger partial charge is 0.455 e. The summed E-state index contributed by atoms with van der Waals surface area (Å²) in [5, 5.41) is 11.4. The number of fused-ring (bicyclic) bond motifs is 2. The van der Waals surface area contributed by atoms with Crippen LogP contribution in [0.1, 0.15) is 37.0 Å². The molecule has 10 nitrogen and oxygen atoms in total. The quantitative estimate of drug-likeness (QED) is 0.284. The fourth-order valence-corrected chi connectivity index (χ4v) is 8.31. The van der Waals surface area contributed by atoms with Gasteiger partial charge in [0.1, 0.15) is 23.7 Å². The summed E-state index contributed by atoms with van der Waals surface area (Å²) in [6, 6.07) is 22.9. The van der Waals surface area contributed by atoms with E-state index in [1.807, 2.05) is 79.7 Å². The molecule has 5 bridgehead atoms. The number of rotatable bonds is 6. The number of allylic oxidation sites excluding steroid dienone is 1. The Morgan fingerprint density at radius 1 is 0.923 bits per heavy atom. The lowest BCUT2D eigenvalue weighted by Crippen LogP contribution is -2.59. The number of cyclic esters (lactones) is 1. The second-order valence-corrected chi connectivity index (χ2v) is 14.4. The van der Waals surface area contributed by atoms with Gasteiger partial charge >= 0.3 is 5.97 Å². The Balaban J connectivity index is 1.36. The highest BCUT2D eigenvalue weighted by Gasteiger charge is 2.74. The van der Waals surface area contributed by atoms with Gasteiger partial charge < -0.3 is 29.3 Å². The molecule has 270 valence electrons. The number of amides is 3. The molecule has 3 aromatic rings. The van der Waals surface area contributed by atoms with Crippen molar-refractivity contribution in [1.29, 1.82) is 0 Å². The molecule has 3 amide bonds. The molecular weight excluding hydrogens is 682 g/mol. The normalized spacial score (nSPS) is 30.4. The van der Waals surface area contributed by atoms with E-state index in [1.165, 1.54) is 4.90 Å². The Morgan fingerprint density at radius 3 is 2.31 bits per heavy atom. The third kappa shape index (κ3) is 6.33. The lowest BCUT2D eigenvalue weighted by atomic mass is 9.74. The molecule has 0 saturated carbocycles. The van der Waals surface area contributed by atoms with Crippen molar-refractivity contribution in [3.05, 3.63) is 125 Å². The molecule has 1 N–H and O–H groups in total. The second kappa shape index (κ2) is 14.7. The summed E-state index contributed by atoms with van der Waals surface area (Å²) in [6.45, 7) is 1.53. The first-order valence-electron chi connectivity index (χ1n) is 17.7. The average Bonchev–Trinajstić information content (AvgIpc) is 3.81. The highest BCUT2D eigenvalue weighted by Crippen LogP contribution is 2.56. The van der Waals surface area contributed by atoms with Crippen LogP contribution >= 0.6 is 11.6 Å². The van der Waals surface area contributed by atoms with Crippen molar-refractivity contribution < 1.29 is 33.8 Å². The number of carbonyl (C=O) groups excluding carboxylic acids is 4. The Morgan fingerprint density at radius 2 is 1.62 bits per heavy atom. The standard InChI is InChI=1S/C41H42ClN3O7/c1-26-36(28-14-8-4-9-15-28)51-40(50)34-32-21-22-41(52-32)35(34)38(48)45(31(25-46)24-27-12-6-3-7-13-27)37(41)39(49)44(30-19-17-29(42)18-20-30)23-11-5-10-16-33(47)43(26)2/h3-9,11-15,17-22,26,31-32,34-37,46H,10,16,23-25H2,1-2H3/b11-5-/t26-,31+,32+,34-,35-,36+,37+,41-/m0/s1. The molecule has 3 aromatic carbocycles. The van der Waals surface area contributed by atoms with E-state index in [0.717, 1.165) is 5.56 Å². The van der Waals surface area contributed by atoms with E-state index in [4.69, 9.17) is 21.1 Å². The molecule has 52 heavy (non-hydrogen) atoms. The molecule has 0 aromatic heterocycles. The van der Waals surface area contributed by atoms with Crippen molar-refractivity contribution in [2.45, 2.75) is 62.1 Å². The van der Waals surface area contributed by atoms with Gasteiger partial charge in [0, 0.05) is 30.7 Å². The molecule has 2 fully saturated rings. The maximum absolute atomic E-state index is 15.2. The molecule has 7 rings (SSSR count). The number of likely N-dealkylation sites (N-methyl/N-ethyl adjacent to an activating group) is 1. The van der Waals surface area contributed by atoms with Gasteiger partial charge in [-0.25, -0.2) is 0 Å². The highest BCUT2D eigenvalue weighted by molar-refractivity contribution is 6.30. The number of aliphatic hydroxyl groups excluding tert-OH is 1. The van der Waals surface area contributed by atoms with Gasteiger partial charge in [-0.05, 0) is 55.2 Å². The summed E-state index contributed by atoms with van der Waals surface area (Å²) in [6.07, 6.45) is 6.39. The fraction of sp³-hybridized carbons (Fsp3) is 0.366. The maximum atomic E-state index is 15.2. The zero-order chi connectivity index (χ0) is 36.6. The first kappa shape index (κ1) is 35.6. The van der Waals surface area contributed by atoms with Crippen LogP contribution in [-0.4, -0.2) is 88.6 Å². The van der Waals surface area contributed by atoms with E-state index < -0.39 is 72.2 Å². The number of likely N-dealkylation sites (tertiary alicyclic amines) is 1. The Labute approximate surface area is 308 Å². The number of anilines is 1. The molecule has 11 heteroatoms. The first-order valence-corrected chi connectivity index (χ1v) is 18.1. The van der Waals surface area contributed by atoms with Crippen molar-refractivity contribution in [2.75, 3.05) is 25.1 Å². The molecular formula is C41H42ClN3O7. The second-order valence-electron chi connectivity index (χ2n) is 13.9. The van der Waals surface area contributed by atoms with Crippen LogP contribution in [0.25, 0.3) is 0 Å². The number of esters is 1. The SMILES string of the molecule is C[C@H]1[C@H](c2ccccc2)OC(=O)[C@@H]2[C@H]3C(=O)N([C@@H](CO)Cc4ccccc4)[C@H](C(=O)N(c4ccc(Cl)cc4)C/C=C\CCC(=O)N1C)[C@]31C=C[C@H]2O1. The third-order valence-corrected chi connectivity index (χ3v) is 11.2. The van der Waals surface area contributed by atoms with E-state index in [1.54, 1.807) is 53.3 Å². The average molecular weight is 724 g/mol. The van der Waals surface area contributed by atoms with Crippen LogP contribution in [0.4, 0.5) is 5.69 Å². The van der Waals surface area contributed by atoms with E-state index in [2.05, 4.69) is 0 Å². The highest BCUT2D eigenvalue weighted by atomic mass is 35.5. The van der Waals surface area contributed by atoms with Crippen molar-refractivity contribution in [3.63, 3.8) is 0 Å². The van der Waals surface area contributed by atoms with E-state index in [-0.39, 0.29) is 25.3 Å². The van der Waals surface area contributed by atoms with Gasteiger partial charge in [-0.2, -0.15) is 0 Å². The molecule has 0 unspecified atom stereocenters. The van der Waals surface area contributed by atoms with E-state index in [0.29, 0.717) is 22.7 Å². The number of halogens is 1.